The van der Waals surface area contributed by atoms with Crippen LogP contribution < -0.4 is 20.4 Å². The largest absolute Gasteiger partial charge is 0.459 e. The number of carbonyl (C=O) groups is 2. The van der Waals surface area contributed by atoms with Crippen LogP contribution in [0.4, 0.5) is 30.2 Å². The van der Waals surface area contributed by atoms with Gasteiger partial charge in [-0.2, -0.15) is 13.2 Å². The highest BCUT2D eigenvalue weighted by molar-refractivity contribution is 6.05. The van der Waals surface area contributed by atoms with Crippen molar-refractivity contribution in [2.45, 2.75) is 19.6 Å². The van der Waals surface area contributed by atoms with Crippen molar-refractivity contribution in [3.63, 3.8) is 0 Å². The van der Waals surface area contributed by atoms with Crippen molar-refractivity contribution in [2.24, 2.45) is 0 Å². The molecule has 2 heterocycles. The van der Waals surface area contributed by atoms with Crippen LogP contribution in [0.25, 0.3) is 0 Å². The van der Waals surface area contributed by atoms with Crippen LogP contribution in [0.3, 0.4) is 0 Å². The third-order valence-corrected chi connectivity index (χ3v) is 7.06. The molecule has 5 rings (SSSR count). The van der Waals surface area contributed by atoms with Gasteiger partial charge in [-0.3, -0.25) is 9.59 Å². The molecule has 4 aromatic rings. The number of carbonyl (C=O) groups excluding carboxylic acids is 2. The van der Waals surface area contributed by atoms with Gasteiger partial charge in [0.25, 0.3) is 11.8 Å². The molecule has 0 atom stereocenters. The van der Waals surface area contributed by atoms with Crippen LogP contribution in [0.1, 0.15) is 37.6 Å². The van der Waals surface area contributed by atoms with Gasteiger partial charge in [-0.25, -0.2) is 0 Å². The minimum atomic E-state index is -4.42. The van der Waals surface area contributed by atoms with Gasteiger partial charge in [0.05, 0.1) is 23.2 Å². The van der Waals surface area contributed by atoms with Crippen molar-refractivity contribution in [3.8, 4) is 0 Å². The van der Waals surface area contributed by atoms with E-state index in [2.05, 4.69) is 39.5 Å². The normalized spacial score (nSPS) is 13.7. The number of anilines is 3. The van der Waals surface area contributed by atoms with E-state index in [0.29, 0.717) is 29.9 Å². The third-order valence-electron chi connectivity index (χ3n) is 7.06. The summed E-state index contributed by atoms with van der Waals surface area (Å²) >= 11 is 0. The predicted molar refractivity (Wildman–Crippen MR) is 151 cm³/mol. The Morgan fingerprint density at radius 2 is 1.51 bits per heavy atom. The number of hydrogen-bond donors (Lipinski definition) is 2. The first-order chi connectivity index (χ1) is 19.7. The minimum absolute atomic E-state index is 0.0493. The van der Waals surface area contributed by atoms with E-state index in [4.69, 9.17) is 4.42 Å². The van der Waals surface area contributed by atoms with Crippen LogP contribution in [0, 0.1) is 6.92 Å². The number of halogens is 3. The fraction of sp³-hybridized carbons (Fsp3) is 0.226. The zero-order valence-corrected chi connectivity index (χ0v) is 22.4. The average Bonchev–Trinajstić information content (AvgIpc) is 3.52. The summed E-state index contributed by atoms with van der Waals surface area (Å²) in [6.07, 6.45) is -3.02. The van der Waals surface area contributed by atoms with Crippen molar-refractivity contribution < 1.29 is 27.2 Å². The van der Waals surface area contributed by atoms with Crippen LogP contribution >= 0.6 is 0 Å². The van der Waals surface area contributed by atoms with Gasteiger partial charge in [0.1, 0.15) is 0 Å². The number of aryl methyl sites for hydroxylation is 1. The number of benzene rings is 3. The molecule has 2 N–H and O–H groups in total. The topological polar surface area (TPSA) is 77.8 Å². The summed E-state index contributed by atoms with van der Waals surface area (Å²) in [5.41, 5.74) is 3.71. The lowest BCUT2D eigenvalue weighted by Crippen LogP contribution is -2.47. The highest BCUT2D eigenvalue weighted by atomic mass is 19.4. The summed E-state index contributed by atoms with van der Waals surface area (Å²) in [5, 5.41) is 5.62. The van der Waals surface area contributed by atoms with Gasteiger partial charge in [-0.05, 0) is 66.6 Å². The molecule has 10 heteroatoms. The van der Waals surface area contributed by atoms with E-state index in [1.807, 2.05) is 12.1 Å². The first kappa shape index (κ1) is 27.8. The molecule has 0 aliphatic carbocycles. The van der Waals surface area contributed by atoms with E-state index in [1.165, 1.54) is 29.6 Å². The van der Waals surface area contributed by atoms with E-state index in [0.717, 1.165) is 30.9 Å². The van der Waals surface area contributed by atoms with E-state index in [-0.39, 0.29) is 12.3 Å². The van der Waals surface area contributed by atoms with Gasteiger partial charge in [0.15, 0.2) is 5.76 Å². The molecule has 0 radical (unpaired) electrons. The Balaban J connectivity index is 1.32. The molecule has 0 saturated carbocycles. The predicted octanol–water partition coefficient (Wildman–Crippen LogP) is 6.12. The lowest BCUT2D eigenvalue weighted by Gasteiger charge is -2.38. The molecule has 0 unspecified atom stereocenters. The molecule has 1 saturated heterocycles. The molecule has 1 aliphatic rings. The van der Waals surface area contributed by atoms with Crippen molar-refractivity contribution in [1.29, 1.82) is 0 Å². The molecule has 2 amide bonds. The number of piperazine rings is 1. The maximum absolute atomic E-state index is 13.0. The Kier molecular flexibility index (Phi) is 8.00. The highest BCUT2D eigenvalue weighted by Gasteiger charge is 2.30. The van der Waals surface area contributed by atoms with Crippen LogP contribution in [0.15, 0.2) is 89.5 Å². The summed E-state index contributed by atoms with van der Waals surface area (Å²) < 4.78 is 43.8. The number of furan rings is 1. The maximum atomic E-state index is 13.0. The Bertz CT molecular complexity index is 1510. The molecule has 1 fully saturated rings. The second kappa shape index (κ2) is 11.8. The van der Waals surface area contributed by atoms with E-state index >= 15 is 0 Å². The number of nitrogens with one attached hydrogen (secondary N) is 2. The minimum Gasteiger partial charge on any atom is -0.459 e. The number of para-hydroxylation sites is 1. The molecular formula is C31H29F3N4O3. The fourth-order valence-electron chi connectivity index (χ4n) is 4.85. The van der Waals surface area contributed by atoms with E-state index in [1.54, 1.807) is 30.3 Å². The fourth-order valence-corrected chi connectivity index (χ4v) is 4.85. The summed E-state index contributed by atoms with van der Waals surface area (Å²) in [4.78, 5) is 30.3. The molecule has 3 aromatic carbocycles. The van der Waals surface area contributed by atoms with Gasteiger partial charge in [0, 0.05) is 44.0 Å². The zero-order chi connectivity index (χ0) is 29.0. The molecule has 1 aromatic heterocycles. The monoisotopic (exact) mass is 562 g/mol. The van der Waals surface area contributed by atoms with Crippen LogP contribution in [-0.2, 0) is 12.7 Å². The Hall–Kier alpha value is -4.73. The number of hydrogen-bond acceptors (Lipinski definition) is 5. The van der Waals surface area contributed by atoms with Crippen molar-refractivity contribution in [3.05, 3.63) is 113 Å². The zero-order valence-electron chi connectivity index (χ0n) is 22.4. The number of nitrogens with zero attached hydrogens (tertiary/aromatic N) is 2. The lowest BCUT2D eigenvalue weighted by atomic mass is 10.1. The summed E-state index contributed by atoms with van der Waals surface area (Å²) in [6.45, 7) is 5.12. The molecule has 212 valence electrons. The van der Waals surface area contributed by atoms with Gasteiger partial charge >= 0.3 is 6.18 Å². The smallest absolute Gasteiger partial charge is 0.416 e. The maximum Gasteiger partial charge on any atom is 0.416 e. The average molecular weight is 563 g/mol. The van der Waals surface area contributed by atoms with Gasteiger partial charge in [-0.1, -0.05) is 30.3 Å². The third kappa shape index (κ3) is 6.54. The molecular weight excluding hydrogens is 533 g/mol. The molecule has 0 bridgehead atoms. The lowest BCUT2D eigenvalue weighted by molar-refractivity contribution is -0.137. The van der Waals surface area contributed by atoms with E-state index < -0.39 is 23.6 Å². The number of amides is 2. The SMILES string of the molecule is Cc1ccccc1N1CCN(c2ccc(C(=O)NCc3ccc(C(F)(F)F)cc3)cc2NC(=O)c2ccco2)CC1. The summed E-state index contributed by atoms with van der Waals surface area (Å²) in [6, 6.07) is 21.1. The molecule has 0 spiro atoms. The first-order valence-corrected chi connectivity index (χ1v) is 13.2. The Morgan fingerprint density at radius 3 is 2.15 bits per heavy atom. The second-order valence-electron chi connectivity index (χ2n) is 9.80. The quantitative estimate of drug-likeness (QED) is 0.284. The Morgan fingerprint density at radius 1 is 0.829 bits per heavy atom. The van der Waals surface area contributed by atoms with Gasteiger partial charge < -0.3 is 24.9 Å². The molecule has 1 aliphatic heterocycles. The van der Waals surface area contributed by atoms with Crippen molar-refractivity contribution >= 4 is 28.9 Å². The second-order valence-corrected chi connectivity index (χ2v) is 9.80. The van der Waals surface area contributed by atoms with Crippen molar-refractivity contribution in [1.82, 2.24) is 5.32 Å². The summed E-state index contributed by atoms with van der Waals surface area (Å²) in [5.74, 6) is -0.732. The Labute approximate surface area is 235 Å². The van der Waals surface area contributed by atoms with Crippen LogP contribution in [-0.4, -0.2) is 38.0 Å². The number of alkyl halides is 3. The first-order valence-electron chi connectivity index (χ1n) is 13.2. The standard InChI is InChI=1S/C31H29F3N4O3/c1-21-5-2-3-6-26(21)37-14-16-38(17-15-37)27-13-10-23(19-25(27)36-30(40)28-7-4-18-41-28)29(39)35-20-22-8-11-24(12-9-22)31(32,33)34/h2-13,18-19H,14-17,20H2,1H3,(H,35,39)(H,36,40). The van der Waals surface area contributed by atoms with Crippen LogP contribution in [0.5, 0.6) is 0 Å². The van der Waals surface area contributed by atoms with Crippen LogP contribution in [0.2, 0.25) is 0 Å². The van der Waals surface area contributed by atoms with E-state index in [9.17, 15) is 22.8 Å². The molecule has 41 heavy (non-hydrogen) atoms. The highest BCUT2D eigenvalue weighted by Crippen LogP contribution is 2.31. The summed E-state index contributed by atoms with van der Waals surface area (Å²) in [7, 11) is 0. The van der Waals surface area contributed by atoms with Gasteiger partial charge in [0.2, 0.25) is 0 Å². The molecule has 7 nitrogen and oxygen atoms in total. The number of rotatable bonds is 7. The van der Waals surface area contributed by atoms with Crippen molar-refractivity contribution in [2.75, 3.05) is 41.3 Å². The van der Waals surface area contributed by atoms with Gasteiger partial charge in [-0.15, -0.1) is 0 Å².